The van der Waals surface area contributed by atoms with Gasteiger partial charge in [-0.2, -0.15) is 12.6 Å². The zero-order valence-electron chi connectivity index (χ0n) is 7.39. The highest BCUT2D eigenvalue weighted by molar-refractivity contribution is 7.80. The van der Waals surface area contributed by atoms with Crippen molar-refractivity contribution >= 4 is 29.9 Å². The van der Waals surface area contributed by atoms with E-state index in [0.29, 0.717) is 16.3 Å². The highest BCUT2D eigenvalue weighted by Crippen LogP contribution is 2.27. The van der Waals surface area contributed by atoms with Crippen molar-refractivity contribution in [3.8, 4) is 0 Å². The van der Waals surface area contributed by atoms with Crippen LogP contribution < -0.4 is 5.73 Å². The van der Waals surface area contributed by atoms with Crippen LogP contribution in [0.5, 0.6) is 0 Å². The first-order chi connectivity index (χ1) is 6.56. The lowest BCUT2D eigenvalue weighted by atomic mass is 10.1. The molecular weight excluding hydrogens is 222 g/mol. The van der Waals surface area contributed by atoms with Gasteiger partial charge in [0.25, 0.3) is 0 Å². The van der Waals surface area contributed by atoms with E-state index in [1.807, 2.05) is 0 Å². The zero-order chi connectivity index (χ0) is 10.7. The summed E-state index contributed by atoms with van der Waals surface area (Å²) in [5, 5.41) is 19.3. The minimum Gasteiger partial charge on any atom is -0.399 e. The summed E-state index contributed by atoms with van der Waals surface area (Å²) in [4.78, 5) is 0. The number of rotatable bonds is 3. The van der Waals surface area contributed by atoms with Gasteiger partial charge in [0.1, 0.15) is 6.10 Å². The molecule has 78 valence electrons. The summed E-state index contributed by atoms with van der Waals surface area (Å²) in [6, 6.07) is 4.75. The van der Waals surface area contributed by atoms with E-state index >= 15 is 0 Å². The van der Waals surface area contributed by atoms with E-state index in [1.54, 1.807) is 12.1 Å². The molecule has 0 heterocycles. The van der Waals surface area contributed by atoms with Crippen LogP contribution in [-0.2, 0) is 0 Å². The van der Waals surface area contributed by atoms with Crippen LogP contribution in [0.15, 0.2) is 18.2 Å². The first-order valence-corrected chi connectivity index (χ1v) is 5.09. The van der Waals surface area contributed by atoms with Crippen LogP contribution in [0.3, 0.4) is 0 Å². The number of benzene rings is 1. The Bertz CT molecular complexity index is 322. The second-order valence-corrected chi connectivity index (χ2v) is 3.75. The third-order valence-corrected chi connectivity index (χ3v) is 2.60. The molecule has 14 heavy (non-hydrogen) atoms. The fraction of sp³-hybridized carbons (Fsp3) is 0.333. The molecule has 0 spiro atoms. The lowest BCUT2D eigenvalue weighted by Gasteiger charge is -2.17. The Kier molecular flexibility index (Phi) is 4.07. The standard InChI is InChI=1S/C9H12ClNO2S/c10-7-3-5(11)1-2-6(7)9(13)8(12)4-14/h1-3,8-9,12-14H,4,11H2. The second kappa shape index (κ2) is 4.89. The smallest absolute Gasteiger partial charge is 0.107 e. The van der Waals surface area contributed by atoms with Gasteiger partial charge in [0.15, 0.2) is 0 Å². The number of halogens is 1. The minimum atomic E-state index is -1.03. The van der Waals surface area contributed by atoms with E-state index in [1.165, 1.54) is 6.07 Å². The predicted molar refractivity (Wildman–Crippen MR) is 60.7 cm³/mol. The molecule has 1 aromatic rings. The molecule has 1 aromatic carbocycles. The van der Waals surface area contributed by atoms with E-state index in [9.17, 15) is 10.2 Å². The van der Waals surface area contributed by atoms with Gasteiger partial charge in [0.2, 0.25) is 0 Å². The van der Waals surface area contributed by atoms with E-state index < -0.39 is 12.2 Å². The monoisotopic (exact) mass is 233 g/mol. The van der Waals surface area contributed by atoms with Crippen molar-refractivity contribution in [1.29, 1.82) is 0 Å². The summed E-state index contributed by atoms with van der Waals surface area (Å²) in [5.41, 5.74) is 6.47. The topological polar surface area (TPSA) is 66.5 Å². The van der Waals surface area contributed by atoms with Gasteiger partial charge in [0, 0.05) is 22.0 Å². The second-order valence-electron chi connectivity index (χ2n) is 2.98. The third-order valence-electron chi connectivity index (χ3n) is 1.89. The van der Waals surface area contributed by atoms with Gasteiger partial charge in [-0.25, -0.2) is 0 Å². The maximum Gasteiger partial charge on any atom is 0.107 e. The normalized spacial score (nSPS) is 15.1. The number of aliphatic hydroxyl groups is 2. The number of thiol groups is 1. The lowest BCUT2D eigenvalue weighted by Crippen LogP contribution is -2.20. The van der Waals surface area contributed by atoms with E-state index in [2.05, 4.69) is 12.6 Å². The van der Waals surface area contributed by atoms with Crippen molar-refractivity contribution in [2.24, 2.45) is 0 Å². The molecule has 5 heteroatoms. The van der Waals surface area contributed by atoms with Crippen molar-refractivity contribution in [2.45, 2.75) is 12.2 Å². The van der Waals surface area contributed by atoms with Crippen LogP contribution in [0.4, 0.5) is 5.69 Å². The molecule has 0 fully saturated rings. The fourth-order valence-corrected chi connectivity index (χ4v) is 1.59. The molecule has 0 aliphatic rings. The van der Waals surface area contributed by atoms with Gasteiger partial charge in [-0.05, 0) is 12.1 Å². The van der Waals surface area contributed by atoms with E-state index in [-0.39, 0.29) is 5.75 Å². The number of nitrogens with two attached hydrogens (primary N) is 1. The van der Waals surface area contributed by atoms with E-state index in [0.717, 1.165) is 0 Å². The minimum absolute atomic E-state index is 0.169. The van der Waals surface area contributed by atoms with E-state index in [4.69, 9.17) is 17.3 Å². The Morgan fingerprint density at radius 2 is 2.07 bits per heavy atom. The molecule has 0 aliphatic heterocycles. The largest absolute Gasteiger partial charge is 0.399 e. The highest BCUT2D eigenvalue weighted by Gasteiger charge is 2.19. The molecular formula is C9H12ClNO2S. The average Bonchev–Trinajstić information content (AvgIpc) is 2.15. The maximum absolute atomic E-state index is 9.64. The molecule has 3 nitrogen and oxygen atoms in total. The molecule has 4 N–H and O–H groups in total. The summed E-state index contributed by atoms with van der Waals surface area (Å²) in [7, 11) is 0. The summed E-state index contributed by atoms with van der Waals surface area (Å²) in [5.74, 6) is 0.169. The molecule has 1 rings (SSSR count). The highest BCUT2D eigenvalue weighted by atomic mass is 35.5. The van der Waals surface area contributed by atoms with Crippen molar-refractivity contribution in [3.63, 3.8) is 0 Å². The summed E-state index contributed by atoms with van der Waals surface area (Å²) in [6.07, 6.45) is -1.96. The maximum atomic E-state index is 9.64. The van der Waals surface area contributed by atoms with Crippen molar-refractivity contribution < 1.29 is 10.2 Å². The first kappa shape index (κ1) is 11.7. The van der Waals surface area contributed by atoms with Crippen molar-refractivity contribution in [3.05, 3.63) is 28.8 Å². The van der Waals surface area contributed by atoms with Crippen LogP contribution >= 0.6 is 24.2 Å². The van der Waals surface area contributed by atoms with Gasteiger partial charge in [-0.1, -0.05) is 17.7 Å². The van der Waals surface area contributed by atoms with Crippen molar-refractivity contribution in [2.75, 3.05) is 11.5 Å². The van der Waals surface area contributed by atoms with Gasteiger partial charge < -0.3 is 15.9 Å². The number of aliphatic hydroxyl groups excluding tert-OH is 2. The molecule has 0 bridgehead atoms. The van der Waals surface area contributed by atoms with Crippen LogP contribution in [0.25, 0.3) is 0 Å². The van der Waals surface area contributed by atoms with Crippen LogP contribution in [0.2, 0.25) is 5.02 Å². The quantitative estimate of drug-likeness (QED) is 0.469. The number of anilines is 1. The predicted octanol–water partition coefficient (Wildman–Crippen LogP) is 1.25. The van der Waals surface area contributed by atoms with Crippen LogP contribution in [-0.4, -0.2) is 22.1 Å². The Labute approximate surface area is 92.9 Å². The zero-order valence-corrected chi connectivity index (χ0v) is 9.04. The van der Waals surface area contributed by atoms with Crippen molar-refractivity contribution in [1.82, 2.24) is 0 Å². The molecule has 0 saturated carbocycles. The Hall–Kier alpha value is -0.420. The first-order valence-electron chi connectivity index (χ1n) is 4.08. The molecule has 0 saturated heterocycles. The Morgan fingerprint density at radius 3 is 2.57 bits per heavy atom. The lowest BCUT2D eigenvalue weighted by molar-refractivity contribution is 0.0338. The molecule has 0 radical (unpaired) electrons. The number of hydrogen-bond donors (Lipinski definition) is 4. The van der Waals surface area contributed by atoms with Gasteiger partial charge in [0.05, 0.1) is 6.10 Å². The molecule has 2 unspecified atom stereocenters. The molecule has 2 atom stereocenters. The average molecular weight is 234 g/mol. The Morgan fingerprint density at radius 1 is 1.43 bits per heavy atom. The number of hydrogen-bond acceptors (Lipinski definition) is 4. The summed E-state index contributed by atoms with van der Waals surface area (Å²) >= 11 is 9.73. The van der Waals surface area contributed by atoms with Crippen LogP contribution in [0, 0.1) is 0 Å². The summed E-state index contributed by atoms with van der Waals surface area (Å²) < 4.78 is 0. The fourth-order valence-electron chi connectivity index (χ4n) is 1.09. The number of nitrogen functional groups attached to an aromatic ring is 1. The Balaban J connectivity index is 2.95. The van der Waals surface area contributed by atoms with Crippen LogP contribution in [0.1, 0.15) is 11.7 Å². The third kappa shape index (κ3) is 2.54. The van der Waals surface area contributed by atoms with Gasteiger partial charge in [-0.3, -0.25) is 0 Å². The molecule has 0 aliphatic carbocycles. The molecule has 0 amide bonds. The van der Waals surface area contributed by atoms with Gasteiger partial charge >= 0.3 is 0 Å². The summed E-state index contributed by atoms with van der Waals surface area (Å²) in [6.45, 7) is 0. The van der Waals surface area contributed by atoms with Gasteiger partial charge in [-0.15, -0.1) is 0 Å². The SMILES string of the molecule is Nc1ccc(C(O)C(O)CS)c(Cl)c1. The molecule has 0 aromatic heterocycles.